The van der Waals surface area contributed by atoms with Crippen molar-refractivity contribution in [3.63, 3.8) is 0 Å². The highest BCUT2D eigenvalue weighted by atomic mass is 16.1. The molecule has 2 aromatic rings. The van der Waals surface area contributed by atoms with Crippen LogP contribution in [0.4, 0.5) is 0 Å². The lowest BCUT2D eigenvalue weighted by Crippen LogP contribution is -2.25. The molecule has 18 heavy (non-hydrogen) atoms. The Balaban J connectivity index is 2.34. The van der Waals surface area contributed by atoms with E-state index in [0.717, 1.165) is 17.8 Å². The summed E-state index contributed by atoms with van der Waals surface area (Å²) >= 11 is 0. The van der Waals surface area contributed by atoms with Crippen molar-refractivity contribution in [3.8, 4) is 0 Å². The van der Waals surface area contributed by atoms with Crippen LogP contribution >= 0.6 is 0 Å². The van der Waals surface area contributed by atoms with E-state index in [1.807, 2.05) is 23.9 Å². The molecule has 0 aliphatic rings. The number of hydrogen-bond acceptors (Lipinski definition) is 3. The third-order valence-corrected chi connectivity index (χ3v) is 3.04. The Labute approximate surface area is 106 Å². The van der Waals surface area contributed by atoms with Crippen LogP contribution in [0.25, 0.3) is 0 Å². The Hall–Kier alpha value is -1.88. The number of hydrogen-bond donors (Lipinski definition) is 1. The second kappa shape index (κ2) is 5.18. The molecule has 5 nitrogen and oxygen atoms in total. The first-order valence-electron chi connectivity index (χ1n) is 6.06. The molecule has 2 aromatic heterocycles. The summed E-state index contributed by atoms with van der Waals surface area (Å²) < 4.78 is 3.49. The molecule has 0 unspecified atom stereocenters. The molecule has 0 aliphatic carbocycles. The van der Waals surface area contributed by atoms with Crippen LogP contribution in [-0.2, 0) is 26.6 Å². The lowest BCUT2D eigenvalue weighted by atomic mass is 10.2. The molecule has 0 atom stereocenters. The maximum absolute atomic E-state index is 12.0. The Morgan fingerprint density at radius 3 is 2.83 bits per heavy atom. The molecule has 0 saturated heterocycles. The SMILES string of the molecule is CCc1cc(Cn2cccc(CN)c2=O)n(C)n1. The van der Waals surface area contributed by atoms with Gasteiger partial charge in [0, 0.05) is 25.4 Å². The van der Waals surface area contributed by atoms with Crippen molar-refractivity contribution in [2.45, 2.75) is 26.4 Å². The molecular weight excluding hydrogens is 228 g/mol. The largest absolute Gasteiger partial charge is 0.326 e. The maximum atomic E-state index is 12.0. The molecule has 0 bridgehead atoms. The van der Waals surface area contributed by atoms with Gasteiger partial charge in [-0.3, -0.25) is 9.48 Å². The van der Waals surface area contributed by atoms with E-state index in [1.54, 1.807) is 16.8 Å². The highest BCUT2D eigenvalue weighted by Crippen LogP contribution is 2.05. The summed E-state index contributed by atoms with van der Waals surface area (Å²) in [5.41, 5.74) is 8.20. The van der Waals surface area contributed by atoms with Crippen molar-refractivity contribution in [1.82, 2.24) is 14.3 Å². The van der Waals surface area contributed by atoms with E-state index in [0.29, 0.717) is 12.1 Å². The summed E-state index contributed by atoms with van der Waals surface area (Å²) in [6.07, 6.45) is 2.67. The fourth-order valence-corrected chi connectivity index (χ4v) is 1.93. The third kappa shape index (κ3) is 2.36. The number of pyridine rings is 1. The fourth-order valence-electron chi connectivity index (χ4n) is 1.93. The van der Waals surface area contributed by atoms with Crippen LogP contribution < -0.4 is 11.3 Å². The zero-order valence-corrected chi connectivity index (χ0v) is 10.8. The van der Waals surface area contributed by atoms with Crippen LogP contribution in [0.5, 0.6) is 0 Å². The average Bonchev–Trinajstić information content (AvgIpc) is 2.73. The van der Waals surface area contributed by atoms with E-state index in [-0.39, 0.29) is 12.1 Å². The molecule has 96 valence electrons. The van der Waals surface area contributed by atoms with Gasteiger partial charge in [-0.1, -0.05) is 13.0 Å². The minimum absolute atomic E-state index is 0.0285. The van der Waals surface area contributed by atoms with E-state index in [9.17, 15) is 4.79 Å². The van der Waals surface area contributed by atoms with Crippen molar-refractivity contribution in [3.05, 3.63) is 51.7 Å². The van der Waals surface area contributed by atoms with Gasteiger partial charge >= 0.3 is 0 Å². The Morgan fingerprint density at radius 2 is 2.22 bits per heavy atom. The molecule has 0 spiro atoms. The predicted molar refractivity (Wildman–Crippen MR) is 70.3 cm³/mol. The number of aromatic nitrogens is 3. The second-order valence-electron chi connectivity index (χ2n) is 4.27. The molecule has 0 radical (unpaired) electrons. The Kier molecular flexibility index (Phi) is 3.62. The first-order valence-corrected chi connectivity index (χ1v) is 6.06. The van der Waals surface area contributed by atoms with Gasteiger partial charge in [-0.25, -0.2) is 0 Å². The smallest absolute Gasteiger partial charge is 0.255 e. The Morgan fingerprint density at radius 1 is 1.44 bits per heavy atom. The molecule has 5 heteroatoms. The van der Waals surface area contributed by atoms with E-state index < -0.39 is 0 Å². The topological polar surface area (TPSA) is 65.8 Å². The predicted octanol–water partition coefficient (Wildman–Crippen LogP) is 0.651. The molecule has 0 fully saturated rings. The molecule has 2 rings (SSSR count). The Bertz CT molecular complexity index is 597. The van der Waals surface area contributed by atoms with Gasteiger partial charge in [0.25, 0.3) is 5.56 Å². The van der Waals surface area contributed by atoms with Crippen LogP contribution in [-0.4, -0.2) is 14.3 Å². The summed E-state index contributed by atoms with van der Waals surface area (Å²) in [4.78, 5) is 12.0. The van der Waals surface area contributed by atoms with Crippen molar-refractivity contribution in [1.29, 1.82) is 0 Å². The van der Waals surface area contributed by atoms with Gasteiger partial charge < -0.3 is 10.3 Å². The lowest BCUT2D eigenvalue weighted by molar-refractivity contribution is 0.645. The first-order chi connectivity index (χ1) is 8.65. The summed E-state index contributed by atoms with van der Waals surface area (Å²) in [6.45, 7) is 2.86. The van der Waals surface area contributed by atoms with Crippen LogP contribution in [0.1, 0.15) is 23.9 Å². The van der Waals surface area contributed by atoms with E-state index >= 15 is 0 Å². The average molecular weight is 246 g/mol. The van der Waals surface area contributed by atoms with Gasteiger partial charge in [-0.05, 0) is 18.6 Å². The van der Waals surface area contributed by atoms with E-state index in [1.165, 1.54) is 0 Å². The second-order valence-corrected chi connectivity index (χ2v) is 4.27. The third-order valence-electron chi connectivity index (χ3n) is 3.04. The number of nitrogens with zero attached hydrogens (tertiary/aromatic N) is 3. The quantitative estimate of drug-likeness (QED) is 0.861. The molecule has 0 aliphatic heterocycles. The van der Waals surface area contributed by atoms with Gasteiger partial charge in [0.1, 0.15) is 0 Å². The normalized spacial score (nSPS) is 10.8. The minimum atomic E-state index is -0.0285. The standard InChI is InChI=1S/C13H18N4O/c1-3-11-7-12(16(2)15-11)9-17-6-4-5-10(8-14)13(17)18/h4-7H,3,8-9,14H2,1-2H3. The van der Waals surface area contributed by atoms with Crippen molar-refractivity contribution in [2.75, 3.05) is 0 Å². The molecular formula is C13H18N4O. The highest BCUT2D eigenvalue weighted by Gasteiger charge is 2.07. The fraction of sp³-hybridized carbons (Fsp3) is 0.385. The highest BCUT2D eigenvalue weighted by molar-refractivity contribution is 5.14. The minimum Gasteiger partial charge on any atom is -0.326 e. The summed E-state index contributed by atoms with van der Waals surface area (Å²) in [5.74, 6) is 0. The summed E-state index contributed by atoms with van der Waals surface area (Å²) in [7, 11) is 1.90. The maximum Gasteiger partial charge on any atom is 0.255 e. The van der Waals surface area contributed by atoms with Gasteiger partial charge in [0.05, 0.1) is 17.9 Å². The van der Waals surface area contributed by atoms with Crippen LogP contribution in [0.3, 0.4) is 0 Å². The molecule has 2 N–H and O–H groups in total. The monoisotopic (exact) mass is 246 g/mol. The van der Waals surface area contributed by atoms with Gasteiger partial charge in [0.2, 0.25) is 0 Å². The molecule has 0 saturated carbocycles. The number of aryl methyl sites for hydroxylation is 2. The van der Waals surface area contributed by atoms with E-state index in [4.69, 9.17) is 5.73 Å². The van der Waals surface area contributed by atoms with Crippen molar-refractivity contribution in [2.24, 2.45) is 12.8 Å². The summed E-state index contributed by atoms with van der Waals surface area (Å²) in [6, 6.07) is 5.64. The first kappa shape index (κ1) is 12.6. The van der Waals surface area contributed by atoms with Crippen LogP contribution in [0.2, 0.25) is 0 Å². The molecule has 0 amide bonds. The number of nitrogens with two attached hydrogens (primary N) is 1. The van der Waals surface area contributed by atoms with Crippen molar-refractivity contribution >= 4 is 0 Å². The van der Waals surface area contributed by atoms with Gasteiger partial charge in [-0.15, -0.1) is 0 Å². The van der Waals surface area contributed by atoms with Gasteiger partial charge in [-0.2, -0.15) is 5.10 Å². The zero-order valence-electron chi connectivity index (χ0n) is 10.8. The van der Waals surface area contributed by atoms with Crippen LogP contribution in [0, 0.1) is 0 Å². The van der Waals surface area contributed by atoms with E-state index in [2.05, 4.69) is 12.0 Å². The zero-order chi connectivity index (χ0) is 13.1. The lowest BCUT2D eigenvalue weighted by Gasteiger charge is -2.07. The molecule has 2 heterocycles. The molecule has 0 aromatic carbocycles. The number of rotatable bonds is 4. The summed E-state index contributed by atoms with van der Waals surface area (Å²) in [5, 5.41) is 4.37. The van der Waals surface area contributed by atoms with Crippen LogP contribution in [0.15, 0.2) is 29.2 Å². The van der Waals surface area contributed by atoms with Gasteiger partial charge in [0.15, 0.2) is 0 Å². The van der Waals surface area contributed by atoms with Crippen molar-refractivity contribution < 1.29 is 0 Å².